The number of nitrogens with one attached hydrogen (secondary N) is 1. The van der Waals surface area contributed by atoms with Gasteiger partial charge in [-0.2, -0.15) is 0 Å². The Morgan fingerprint density at radius 1 is 1.62 bits per heavy atom. The van der Waals surface area contributed by atoms with Crippen LogP contribution >= 0.6 is 22.9 Å². The number of ether oxygens (including phenoxy) is 1. The van der Waals surface area contributed by atoms with Gasteiger partial charge in [0.05, 0.1) is 12.1 Å². The van der Waals surface area contributed by atoms with Crippen LogP contribution in [0.3, 0.4) is 0 Å². The van der Waals surface area contributed by atoms with Gasteiger partial charge in [0.15, 0.2) is 0 Å². The maximum Gasteiger partial charge on any atom is 0.282 e. The van der Waals surface area contributed by atoms with Crippen LogP contribution in [0.2, 0.25) is 4.47 Å². The molecule has 0 aromatic carbocycles. The zero-order valence-electron chi connectivity index (χ0n) is 8.83. The van der Waals surface area contributed by atoms with Crippen molar-refractivity contribution in [2.45, 2.75) is 25.3 Å². The summed E-state index contributed by atoms with van der Waals surface area (Å²) in [4.78, 5) is 11.8. The number of carbonyl (C=O) groups is 1. The average Bonchev–Trinajstić information content (AvgIpc) is 2.65. The van der Waals surface area contributed by atoms with Crippen molar-refractivity contribution < 1.29 is 9.53 Å². The lowest BCUT2D eigenvalue weighted by Crippen LogP contribution is -2.51. The molecule has 16 heavy (non-hydrogen) atoms. The molecule has 1 saturated heterocycles. The van der Waals surface area contributed by atoms with Crippen LogP contribution in [0.1, 0.15) is 29.6 Å². The monoisotopic (exact) mass is 261 g/mol. The lowest BCUT2D eigenvalue weighted by Gasteiger charge is -2.33. The fourth-order valence-corrected chi connectivity index (χ4v) is 2.38. The Morgan fingerprint density at radius 2 is 2.44 bits per heavy atom. The van der Waals surface area contributed by atoms with E-state index in [9.17, 15) is 4.79 Å². The van der Waals surface area contributed by atoms with E-state index in [0.717, 1.165) is 30.8 Å². The first-order chi connectivity index (χ1) is 7.59. The van der Waals surface area contributed by atoms with Crippen molar-refractivity contribution in [3.8, 4) is 0 Å². The minimum Gasteiger partial charge on any atom is -0.379 e. The predicted octanol–water partition coefficient (Wildman–Crippen LogP) is 1.49. The summed E-state index contributed by atoms with van der Waals surface area (Å²) >= 11 is 6.70. The second kappa shape index (κ2) is 4.65. The summed E-state index contributed by atoms with van der Waals surface area (Å²) in [5.41, 5.74) is -0.312. The highest BCUT2D eigenvalue weighted by Gasteiger charge is 2.30. The maximum atomic E-state index is 11.8. The van der Waals surface area contributed by atoms with Gasteiger partial charge in [-0.15, -0.1) is 10.2 Å². The Kier molecular flexibility index (Phi) is 3.41. The Bertz CT molecular complexity index is 390. The second-order valence-electron chi connectivity index (χ2n) is 4.03. The van der Waals surface area contributed by atoms with Gasteiger partial charge in [0.2, 0.25) is 9.47 Å². The van der Waals surface area contributed by atoms with Crippen molar-refractivity contribution in [2.75, 3.05) is 13.2 Å². The van der Waals surface area contributed by atoms with Crippen molar-refractivity contribution in [3.05, 3.63) is 9.47 Å². The molecule has 1 amide bonds. The molecular weight excluding hydrogens is 250 g/mol. The quantitative estimate of drug-likeness (QED) is 0.876. The SMILES string of the molecule is CC1(NC(=O)c2nnc(Cl)s2)CCCOC1. The van der Waals surface area contributed by atoms with Crippen LogP contribution in [-0.2, 0) is 4.74 Å². The lowest BCUT2D eigenvalue weighted by atomic mass is 9.95. The fourth-order valence-electron chi connectivity index (χ4n) is 1.66. The molecule has 88 valence electrons. The van der Waals surface area contributed by atoms with Crippen molar-refractivity contribution in [1.29, 1.82) is 0 Å². The third-order valence-corrected chi connectivity index (χ3v) is 3.47. The topological polar surface area (TPSA) is 64.1 Å². The molecule has 0 radical (unpaired) electrons. The Labute approximate surface area is 102 Å². The van der Waals surface area contributed by atoms with Crippen molar-refractivity contribution in [1.82, 2.24) is 15.5 Å². The van der Waals surface area contributed by atoms with Gasteiger partial charge >= 0.3 is 0 Å². The highest BCUT2D eigenvalue weighted by molar-refractivity contribution is 7.17. The first-order valence-corrected chi connectivity index (χ1v) is 6.18. The van der Waals surface area contributed by atoms with Gasteiger partial charge < -0.3 is 10.1 Å². The van der Waals surface area contributed by atoms with E-state index in [1.165, 1.54) is 0 Å². The first kappa shape index (κ1) is 11.8. The van der Waals surface area contributed by atoms with Gasteiger partial charge in [0.1, 0.15) is 0 Å². The Morgan fingerprint density at radius 3 is 3.00 bits per heavy atom. The normalized spacial score (nSPS) is 25.4. The summed E-state index contributed by atoms with van der Waals surface area (Å²) in [6.45, 7) is 3.26. The smallest absolute Gasteiger partial charge is 0.282 e. The second-order valence-corrected chi connectivity index (χ2v) is 5.59. The molecule has 0 saturated carbocycles. The zero-order chi connectivity index (χ0) is 11.6. The van der Waals surface area contributed by atoms with E-state index in [0.29, 0.717) is 6.61 Å². The Hall–Kier alpha value is -0.720. The van der Waals surface area contributed by atoms with Crippen molar-refractivity contribution in [2.24, 2.45) is 0 Å². The summed E-state index contributed by atoms with van der Waals surface area (Å²) < 4.78 is 5.63. The fraction of sp³-hybridized carbons (Fsp3) is 0.667. The summed E-state index contributed by atoms with van der Waals surface area (Å²) in [6, 6.07) is 0. The first-order valence-electron chi connectivity index (χ1n) is 4.98. The molecule has 1 atom stereocenters. The van der Waals surface area contributed by atoms with Crippen LogP contribution in [0.4, 0.5) is 0 Å². The van der Waals surface area contributed by atoms with E-state index in [1.807, 2.05) is 6.92 Å². The number of amides is 1. The number of hydrogen-bond acceptors (Lipinski definition) is 5. The molecular formula is C9H12ClN3O2S. The zero-order valence-corrected chi connectivity index (χ0v) is 10.4. The standard InChI is InChI=1S/C9H12ClN3O2S/c1-9(3-2-4-15-5-9)11-6(14)7-12-13-8(10)16-7/h2-5H2,1H3,(H,11,14). The Balaban J connectivity index is 2.01. The van der Waals surface area contributed by atoms with Gasteiger partial charge in [-0.3, -0.25) is 4.79 Å². The molecule has 1 fully saturated rings. The third kappa shape index (κ3) is 2.69. The van der Waals surface area contributed by atoms with Crippen LogP contribution in [0.25, 0.3) is 0 Å². The van der Waals surface area contributed by atoms with E-state index in [1.54, 1.807) is 0 Å². The van der Waals surface area contributed by atoms with Crippen LogP contribution in [0, 0.1) is 0 Å². The molecule has 5 nitrogen and oxygen atoms in total. The number of aromatic nitrogens is 2. The van der Waals surface area contributed by atoms with Crippen LogP contribution in [-0.4, -0.2) is 34.9 Å². The van der Waals surface area contributed by atoms with Gasteiger partial charge in [-0.1, -0.05) is 11.3 Å². The highest BCUT2D eigenvalue weighted by atomic mass is 35.5. The van der Waals surface area contributed by atoms with Crippen LogP contribution < -0.4 is 5.32 Å². The largest absolute Gasteiger partial charge is 0.379 e. The van der Waals surface area contributed by atoms with E-state index < -0.39 is 0 Å². The van der Waals surface area contributed by atoms with Crippen LogP contribution in [0.5, 0.6) is 0 Å². The lowest BCUT2D eigenvalue weighted by molar-refractivity contribution is 0.0272. The summed E-state index contributed by atoms with van der Waals surface area (Å²) in [7, 11) is 0. The number of hydrogen-bond donors (Lipinski definition) is 1. The molecule has 1 N–H and O–H groups in total. The third-order valence-electron chi connectivity index (χ3n) is 2.45. The minimum atomic E-state index is -0.312. The number of halogens is 1. The van der Waals surface area contributed by atoms with Gasteiger partial charge in [-0.25, -0.2) is 0 Å². The molecule has 1 aromatic heterocycles. The van der Waals surface area contributed by atoms with E-state index >= 15 is 0 Å². The van der Waals surface area contributed by atoms with Gasteiger partial charge in [0.25, 0.3) is 5.91 Å². The maximum absolute atomic E-state index is 11.8. The number of rotatable bonds is 2. The summed E-state index contributed by atoms with van der Waals surface area (Å²) in [6.07, 6.45) is 1.86. The number of carbonyl (C=O) groups excluding carboxylic acids is 1. The molecule has 0 aliphatic carbocycles. The van der Waals surface area contributed by atoms with Crippen molar-refractivity contribution in [3.63, 3.8) is 0 Å². The molecule has 0 bridgehead atoms. The molecule has 1 unspecified atom stereocenters. The van der Waals surface area contributed by atoms with Gasteiger partial charge in [-0.05, 0) is 31.4 Å². The van der Waals surface area contributed by atoms with Gasteiger partial charge in [0, 0.05) is 6.61 Å². The van der Waals surface area contributed by atoms with Crippen LogP contribution in [0.15, 0.2) is 0 Å². The molecule has 1 aromatic rings. The number of nitrogens with zero attached hydrogens (tertiary/aromatic N) is 2. The average molecular weight is 262 g/mol. The van der Waals surface area contributed by atoms with Crippen molar-refractivity contribution >= 4 is 28.8 Å². The molecule has 7 heteroatoms. The van der Waals surface area contributed by atoms with E-state index in [2.05, 4.69) is 15.5 Å². The molecule has 0 spiro atoms. The minimum absolute atomic E-state index is 0.239. The van der Waals surface area contributed by atoms with E-state index in [4.69, 9.17) is 16.3 Å². The highest BCUT2D eigenvalue weighted by Crippen LogP contribution is 2.20. The molecule has 1 aliphatic rings. The molecule has 2 heterocycles. The van der Waals surface area contributed by atoms with E-state index in [-0.39, 0.29) is 20.9 Å². The molecule has 1 aliphatic heterocycles. The predicted molar refractivity (Wildman–Crippen MR) is 60.8 cm³/mol. The molecule has 2 rings (SSSR count). The summed E-state index contributed by atoms with van der Waals surface area (Å²) in [5, 5.41) is 10.5. The summed E-state index contributed by atoms with van der Waals surface area (Å²) in [5.74, 6) is -0.239.